The molecule has 0 fully saturated rings. The molecular weight excluding hydrogens is 791 g/mol. The van der Waals surface area contributed by atoms with Crippen molar-refractivity contribution in [1.29, 1.82) is 0 Å². The van der Waals surface area contributed by atoms with Gasteiger partial charge in [-0.15, -0.1) is 0 Å². The summed E-state index contributed by atoms with van der Waals surface area (Å²) in [4.78, 5) is 24.5. The Morgan fingerprint density at radius 3 is 1.11 bits per heavy atom. The van der Waals surface area contributed by atoms with Crippen molar-refractivity contribution in [3.05, 3.63) is 12.2 Å². The number of carbonyl (C=O) groups is 2. The summed E-state index contributed by atoms with van der Waals surface area (Å²) >= 11 is 0. The highest BCUT2D eigenvalue weighted by Crippen LogP contribution is 2.17. The summed E-state index contributed by atoms with van der Waals surface area (Å²) in [6, 6.07) is -0.553. The van der Waals surface area contributed by atoms with Crippen LogP contribution in [0.5, 0.6) is 0 Å². The number of carbonyl (C=O) groups excluding carboxylic acids is 2. The lowest BCUT2D eigenvalue weighted by molar-refractivity contribution is -0.143. The van der Waals surface area contributed by atoms with Gasteiger partial charge in [0.15, 0.2) is 0 Å². The zero-order valence-corrected chi connectivity index (χ0v) is 43.3. The number of aliphatic hydroxyl groups excluding tert-OH is 2. The van der Waals surface area contributed by atoms with Crippen LogP contribution in [0.2, 0.25) is 0 Å². The molecule has 0 aromatic carbocycles. The van der Waals surface area contributed by atoms with E-state index in [4.69, 9.17) is 4.74 Å². The average Bonchev–Trinajstić information content (AvgIpc) is 3.29. The standard InChI is InChI=1S/C58H113NO5/c1-3-5-7-9-11-13-15-17-18-19-20-23-27-30-34-38-42-46-50-56(61)55(54-60)59-57(62)51-47-43-39-35-31-28-24-21-22-25-29-33-37-41-45-49-53-64-58(63)52-48-44-40-36-32-26-16-14-12-10-8-6-4-2/h21,24,55-56,60-61H,3-20,22-23,25-54H2,1-2H3,(H,59,62)/b24-21-. The Labute approximate surface area is 399 Å². The maximum absolute atomic E-state index is 12.5. The van der Waals surface area contributed by atoms with Gasteiger partial charge in [-0.2, -0.15) is 0 Å². The lowest BCUT2D eigenvalue weighted by Gasteiger charge is -2.22. The van der Waals surface area contributed by atoms with E-state index in [9.17, 15) is 19.8 Å². The number of esters is 1. The first-order valence-electron chi connectivity index (χ1n) is 28.9. The Morgan fingerprint density at radius 1 is 0.422 bits per heavy atom. The van der Waals surface area contributed by atoms with Crippen LogP contribution in [0.4, 0.5) is 0 Å². The number of aliphatic hydroxyl groups is 2. The average molecular weight is 905 g/mol. The van der Waals surface area contributed by atoms with E-state index < -0.39 is 12.1 Å². The van der Waals surface area contributed by atoms with Gasteiger partial charge >= 0.3 is 5.97 Å². The van der Waals surface area contributed by atoms with Gasteiger partial charge in [0.1, 0.15) is 0 Å². The number of rotatable bonds is 54. The lowest BCUT2D eigenvalue weighted by atomic mass is 10.0. The molecule has 0 aliphatic carbocycles. The second-order valence-electron chi connectivity index (χ2n) is 20.0. The maximum Gasteiger partial charge on any atom is 0.305 e. The Kier molecular flexibility index (Phi) is 53.0. The second-order valence-corrected chi connectivity index (χ2v) is 20.0. The molecule has 2 atom stereocenters. The Hall–Kier alpha value is -1.40. The highest BCUT2D eigenvalue weighted by molar-refractivity contribution is 5.76. The molecule has 3 N–H and O–H groups in total. The molecule has 64 heavy (non-hydrogen) atoms. The quantitative estimate of drug-likeness (QED) is 0.0321. The minimum Gasteiger partial charge on any atom is -0.466 e. The molecular formula is C58H113NO5. The Bertz CT molecular complexity index is 955. The summed E-state index contributed by atoms with van der Waals surface area (Å²) < 4.78 is 5.46. The van der Waals surface area contributed by atoms with Crippen molar-refractivity contribution in [3.8, 4) is 0 Å². The van der Waals surface area contributed by atoms with Gasteiger partial charge in [0.05, 0.1) is 25.4 Å². The van der Waals surface area contributed by atoms with Crippen LogP contribution >= 0.6 is 0 Å². The smallest absolute Gasteiger partial charge is 0.305 e. The molecule has 6 nitrogen and oxygen atoms in total. The van der Waals surface area contributed by atoms with Crippen LogP contribution in [0.3, 0.4) is 0 Å². The van der Waals surface area contributed by atoms with E-state index in [2.05, 4.69) is 31.3 Å². The van der Waals surface area contributed by atoms with Gasteiger partial charge in [-0.05, 0) is 51.4 Å². The fourth-order valence-corrected chi connectivity index (χ4v) is 9.11. The first-order chi connectivity index (χ1) is 31.5. The van der Waals surface area contributed by atoms with Crippen LogP contribution in [0.15, 0.2) is 12.2 Å². The minimum absolute atomic E-state index is 0.000610. The summed E-state index contributed by atoms with van der Waals surface area (Å²) in [5.74, 6) is -0.0498. The number of amides is 1. The van der Waals surface area contributed by atoms with Crippen LogP contribution in [0, 0.1) is 0 Å². The molecule has 6 heteroatoms. The summed E-state index contributed by atoms with van der Waals surface area (Å²) in [6.07, 6.45) is 63.4. The summed E-state index contributed by atoms with van der Waals surface area (Å²) in [5.41, 5.74) is 0. The van der Waals surface area contributed by atoms with Gasteiger partial charge in [-0.1, -0.05) is 270 Å². The predicted molar refractivity (Wildman–Crippen MR) is 278 cm³/mol. The number of nitrogens with one attached hydrogen (secondary N) is 1. The third-order valence-electron chi connectivity index (χ3n) is 13.6. The summed E-state index contributed by atoms with van der Waals surface area (Å²) in [5, 5.41) is 23.3. The number of unbranched alkanes of at least 4 members (excludes halogenated alkanes) is 41. The molecule has 0 spiro atoms. The van der Waals surface area contributed by atoms with Crippen molar-refractivity contribution in [1.82, 2.24) is 5.32 Å². The third-order valence-corrected chi connectivity index (χ3v) is 13.6. The van der Waals surface area contributed by atoms with Crippen LogP contribution in [0.25, 0.3) is 0 Å². The van der Waals surface area contributed by atoms with Gasteiger partial charge in [0.2, 0.25) is 5.91 Å². The molecule has 380 valence electrons. The highest BCUT2D eigenvalue weighted by atomic mass is 16.5. The normalized spacial score (nSPS) is 12.6. The Balaban J connectivity index is 3.46. The Morgan fingerprint density at radius 2 is 0.734 bits per heavy atom. The van der Waals surface area contributed by atoms with Gasteiger partial charge in [-0.3, -0.25) is 9.59 Å². The van der Waals surface area contributed by atoms with E-state index in [1.165, 1.54) is 225 Å². The van der Waals surface area contributed by atoms with E-state index in [1.54, 1.807) is 0 Å². The van der Waals surface area contributed by atoms with E-state index in [-0.39, 0.29) is 18.5 Å². The maximum atomic E-state index is 12.5. The SMILES string of the molecule is CCCCCCCCCCCCCCCCCCCCC(O)C(CO)NC(=O)CCCCCCC/C=C\CCCCCCCCCOC(=O)CCCCCCCCCCCCCCC. The van der Waals surface area contributed by atoms with Crippen molar-refractivity contribution in [2.45, 2.75) is 334 Å². The largest absolute Gasteiger partial charge is 0.466 e. The van der Waals surface area contributed by atoms with Gasteiger partial charge in [-0.25, -0.2) is 0 Å². The van der Waals surface area contributed by atoms with Gasteiger partial charge < -0.3 is 20.3 Å². The monoisotopic (exact) mass is 904 g/mol. The van der Waals surface area contributed by atoms with Crippen molar-refractivity contribution >= 4 is 11.9 Å². The zero-order valence-electron chi connectivity index (χ0n) is 43.3. The molecule has 0 bridgehead atoms. The van der Waals surface area contributed by atoms with Crippen LogP contribution in [-0.2, 0) is 14.3 Å². The topological polar surface area (TPSA) is 95.9 Å². The fraction of sp³-hybridized carbons (Fsp3) is 0.931. The van der Waals surface area contributed by atoms with E-state index >= 15 is 0 Å². The zero-order chi connectivity index (χ0) is 46.5. The predicted octanol–water partition coefficient (Wildman–Crippen LogP) is 17.7. The fourth-order valence-electron chi connectivity index (χ4n) is 9.11. The molecule has 0 saturated carbocycles. The first-order valence-corrected chi connectivity index (χ1v) is 28.9. The molecule has 0 saturated heterocycles. The van der Waals surface area contributed by atoms with Crippen molar-refractivity contribution < 1.29 is 24.5 Å². The van der Waals surface area contributed by atoms with Gasteiger partial charge in [0.25, 0.3) is 0 Å². The highest BCUT2D eigenvalue weighted by Gasteiger charge is 2.20. The lowest BCUT2D eigenvalue weighted by Crippen LogP contribution is -2.45. The third kappa shape index (κ3) is 50.0. The second kappa shape index (κ2) is 54.2. The first kappa shape index (κ1) is 62.6. The van der Waals surface area contributed by atoms with E-state index in [0.717, 1.165) is 64.2 Å². The molecule has 0 heterocycles. The molecule has 2 unspecified atom stereocenters. The molecule has 0 radical (unpaired) electrons. The summed E-state index contributed by atoms with van der Waals surface area (Å²) in [6.45, 7) is 4.95. The molecule has 0 aliphatic heterocycles. The number of hydrogen-bond donors (Lipinski definition) is 3. The number of hydrogen-bond acceptors (Lipinski definition) is 5. The molecule has 0 rings (SSSR count). The minimum atomic E-state index is -0.674. The van der Waals surface area contributed by atoms with Crippen molar-refractivity contribution in [3.63, 3.8) is 0 Å². The molecule has 0 aromatic heterocycles. The van der Waals surface area contributed by atoms with Gasteiger partial charge in [0, 0.05) is 12.8 Å². The number of allylic oxidation sites excluding steroid dienone is 2. The van der Waals surface area contributed by atoms with E-state index in [1.807, 2.05) is 0 Å². The molecule has 0 aromatic rings. The van der Waals surface area contributed by atoms with Crippen LogP contribution in [0.1, 0.15) is 322 Å². The van der Waals surface area contributed by atoms with E-state index in [0.29, 0.717) is 25.9 Å². The van der Waals surface area contributed by atoms with Crippen LogP contribution < -0.4 is 5.32 Å². The molecule has 0 aliphatic rings. The molecule has 1 amide bonds. The number of ether oxygens (including phenoxy) is 1. The van der Waals surface area contributed by atoms with Crippen molar-refractivity contribution in [2.75, 3.05) is 13.2 Å². The van der Waals surface area contributed by atoms with Crippen LogP contribution in [-0.4, -0.2) is 47.4 Å². The summed E-state index contributed by atoms with van der Waals surface area (Å²) in [7, 11) is 0. The van der Waals surface area contributed by atoms with Crippen molar-refractivity contribution in [2.24, 2.45) is 0 Å².